The van der Waals surface area contributed by atoms with E-state index < -0.39 is 12.1 Å². The number of hydrogen-bond acceptors (Lipinski definition) is 3. The van der Waals surface area contributed by atoms with Crippen molar-refractivity contribution in [2.45, 2.75) is 33.0 Å². The molecule has 0 radical (unpaired) electrons. The molecule has 0 saturated heterocycles. The van der Waals surface area contributed by atoms with Gasteiger partial charge in [0.1, 0.15) is 0 Å². The van der Waals surface area contributed by atoms with E-state index in [1.165, 1.54) is 6.08 Å². The van der Waals surface area contributed by atoms with Crippen molar-refractivity contribution in [3.05, 3.63) is 12.7 Å². The lowest BCUT2D eigenvalue weighted by Crippen LogP contribution is -2.30. The molecule has 2 atom stereocenters. The number of ether oxygens (including phenoxy) is 1. The van der Waals surface area contributed by atoms with Gasteiger partial charge < -0.3 is 9.84 Å². The maximum atomic E-state index is 11.0. The monoisotopic (exact) mass is 172 g/mol. The molecule has 0 heterocycles. The van der Waals surface area contributed by atoms with Crippen LogP contribution < -0.4 is 0 Å². The summed E-state index contributed by atoms with van der Waals surface area (Å²) < 4.78 is 4.80. The fraction of sp³-hybridized carbons (Fsp3) is 0.667. The van der Waals surface area contributed by atoms with Crippen molar-refractivity contribution in [3.63, 3.8) is 0 Å². The molecule has 3 heteroatoms. The van der Waals surface area contributed by atoms with Crippen molar-refractivity contribution in [2.75, 3.05) is 0 Å². The average Bonchev–Trinajstić information content (AvgIpc) is 2.00. The minimum atomic E-state index is -1.09. The Morgan fingerprint density at radius 1 is 1.50 bits per heavy atom. The summed E-state index contributed by atoms with van der Waals surface area (Å²) in [5.74, 6) is -0.853. The molecule has 0 unspecified atom stereocenters. The highest BCUT2D eigenvalue weighted by atomic mass is 16.6. The summed E-state index contributed by atoms with van der Waals surface area (Å²) in [6, 6.07) is 0. The minimum Gasteiger partial charge on any atom is -0.461 e. The second-order valence-electron chi connectivity index (χ2n) is 3.03. The van der Waals surface area contributed by atoms with E-state index in [-0.39, 0.29) is 12.0 Å². The van der Waals surface area contributed by atoms with Crippen molar-refractivity contribution in [1.82, 2.24) is 0 Å². The quantitative estimate of drug-likeness (QED) is 0.510. The smallest absolute Gasteiger partial charge is 0.335 e. The van der Waals surface area contributed by atoms with Gasteiger partial charge in [-0.3, -0.25) is 0 Å². The highest BCUT2D eigenvalue weighted by Crippen LogP contribution is 2.06. The summed E-state index contributed by atoms with van der Waals surface area (Å²) in [7, 11) is 0. The molecule has 0 bridgehead atoms. The van der Waals surface area contributed by atoms with E-state index in [2.05, 4.69) is 6.58 Å². The van der Waals surface area contributed by atoms with Crippen LogP contribution in [0.25, 0.3) is 0 Å². The molecule has 0 aliphatic carbocycles. The van der Waals surface area contributed by atoms with E-state index in [1.54, 1.807) is 20.8 Å². The van der Waals surface area contributed by atoms with Crippen LogP contribution >= 0.6 is 0 Å². The molecule has 0 amide bonds. The molecule has 0 saturated carbocycles. The number of hydrogen-bond donors (Lipinski definition) is 1. The van der Waals surface area contributed by atoms with Gasteiger partial charge in [-0.2, -0.15) is 0 Å². The van der Waals surface area contributed by atoms with E-state index in [1.807, 2.05) is 0 Å². The normalized spacial score (nSPS) is 15.4. The van der Waals surface area contributed by atoms with E-state index in [9.17, 15) is 9.90 Å². The van der Waals surface area contributed by atoms with Gasteiger partial charge in [0.15, 0.2) is 6.10 Å². The Balaban J connectivity index is 4.00. The first kappa shape index (κ1) is 11.2. The summed E-state index contributed by atoms with van der Waals surface area (Å²) in [5, 5.41) is 9.29. The van der Waals surface area contributed by atoms with Crippen molar-refractivity contribution in [1.29, 1.82) is 0 Å². The molecule has 0 aliphatic rings. The van der Waals surface area contributed by atoms with Crippen LogP contribution in [0.2, 0.25) is 0 Å². The Morgan fingerprint density at radius 3 is 2.33 bits per heavy atom. The van der Waals surface area contributed by atoms with E-state index in [0.29, 0.717) is 0 Å². The summed E-state index contributed by atoms with van der Waals surface area (Å²) in [6.45, 7) is 8.66. The van der Waals surface area contributed by atoms with E-state index >= 15 is 0 Å². The number of aliphatic hydroxyl groups excluding tert-OH is 1. The minimum absolute atomic E-state index is 0.191. The second kappa shape index (κ2) is 4.93. The van der Waals surface area contributed by atoms with Crippen molar-refractivity contribution in [2.24, 2.45) is 5.92 Å². The number of rotatable bonds is 4. The molecule has 3 nitrogen and oxygen atoms in total. The SMILES string of the molecule is C=C[C@@H](C)[C@@H](O)C(=O)OC(C)C. The Labute approximate surface area is 73.0 Å². The van der Waals surface area contributed by atoms with Gasteiger partial charge in [-0.25, -0.2) is 4.79 Å². The average molecular weight is 172 g/mol. The third-order valence-electron chi connectivity index (χ3n) is 1.46. The standard InChI is InChI=1S/C9H16O3/c1-5-7(4)8(10)9(11)12-6(2)3/h5-8,10H,1H2,2-4H3/t7-,8-/m1/s1. The maximum absolute atomic E-state index is 11.0. The topological polar surface area (TPSA) is 46.5 Å². The Kier molecular flexibility index (Phi) is 4.59. The molecule has 0 aromatic heterocycles. The largest absolute Gasteiger partial charge is 0.461 e. The Morgan fingerprint density at radius 2 is 2.00 bits per heavy atom. The molecule has 0 aliphatic heterocycles. The van der Waals surface area contributed by atoms with Gasteiger partial charge in [-0.15, -0.1) is 6.58 Å². The molecular weight excluding hydrogens is 156 g/mol. The van der Waals surface area contributed by atoms with Crippen molar-refractivity contribution in [3.8, 4) is 0 Å². The molecule has 0 rings (SSSR count). The van der Waals surface area contributed by atoms with Gasteiger partial charge in [0.05, 0.1) is 6.10 Å². The fourth-order valence-electron chi connectivity index (χ4n) is 0.646. The summed E-state index contributed by atoms with van der Waals surface area (Å²) >= 11 is 0. The van der Waals surface area contributed by atoms with Gasteiger partial charge >= 0.3 is 5.97 Å². The summed E-state index contributed by atoms with van der Waals surface area (Å²) in [5.41, 5.74) is 0. The van der Waals surface area contributed by atoms with Crippen LogP contribution in [0.5, 0.6) is 0 Å². The summed E-state index contributed by atoms with van der Waals surface area (Å²) in [6.07, 6.45) is 0.237. The highest BCUT2D eigenvalue weighted by Gasteiger charge is 2.22. The lowest BCUT2D eigenvalue weighted by molar-refractivity contribution is -0.159. The fourth-order valence-corrected chi connectivity index (χ4v) is 0.646. The van der Waals surface area contributed by atoms with E-state index in [0.717, 1.165) is 0 Å². The zero-order valence-electron chi connectivity index (χ0n) is 7.78. The lowest BCUT2D eigenvalue weighted by atomic mass is 10.1. The van der Waals surface area contributed by atoms with Crippen LogP contribution in [0, 0.1) is 5.92 Å². The predicted octanol–water partition coefficient (Wildman–Crippen LogP) is 1.12. The van der Waals surface area contributed by atoms with Gasteiger partial charge in [0, 0.05) is 5.92 Å². The third kappa shape index (κ3) is 3.53. The van der Waals surface area contributed by atoms with Crippen LogP contribution in [0.1, 0.15) is 20.8 Å². The summed E-state index contributed by atoms with van der Waals surface area (Å²) in [4.78, 5) is 11.0. The van der Waals surface area contributed by atoms with E-state index in [4.69, 9.17) is 4.74 Å². The predicted molar refractivity (Wildman–Crippen MR) is 46.6 cm³/mol. The van der Waals surface area contributed by atoms with Crippen LogP contribution in [0.4, 0.5) is 0 Å². The number of carbonyl (C=O) groups excluding carboxylic acids is 1. The Hall–Kier alpha value is -0.830. The number of esters is 1. The lowest BCUT2D eigenvalue weighted by Gasteiger charge is -2.15. The first-order chi connectivity index (χ1) is 5.49. The first-order valence-electron chi connectivity index (χ1n) is 4.00. The van der Waals surface area contributed by atoms with Gasteiger partial charge in [0.25, 0.3) is 0 Å². The maximum Gasteiger partial charge on any atom is 0.335 e. The van der Waals surface area contributed by atoms with Crippen LogP contribution in [-0.4, -0.2) is 23.3 Å². The molecule has 0 spiro atoms. The van der Waals surface area contributed by atoms with Gasteiger partial charge in [0.2, 0.25) is 0 Å². The van der Waals surface area contributed by atoms with Crippen molar-refractivity contribution < 1.29 is 14.6 Å². The zero-order chi connectivity index (χ0) is 9.72. The number of aliphatic hydroxyl groups is 1. The van der Waals surface area contributed by atoms with Crippen LogP contribution in [0.15, 0.2) is 12.7 Å². The van der Waals surface area contributed by atoms with Crippen LogP contribution in [-0.2, 0) is 9.53 Å². The van der Waals surface area contributed by atoms with Crippen LogP contribution in [0.3, 0.4) is 0 Å². The third-order valence-corrected chi connectivity index (χ3v) is 1.46. The van der Waals surface area contributed by atoms with Gasteiger partial charge in [-0.05, 0) is 13.8 Å². The Bertz CT molecular complexity index is 163. The molecular formula is C9H16O3. The van der Waals surface area contributed by atoms with Crippen molar-refractivity contribution >= 4 is 5.97 Å². The zero-order valence-corrected chi connectivity index (χ0v) is 7.78. The van der Waals surface area contributed by atoms with Gasteiger partial charge in [-0.1, -0.05) is 13.0 Å². The molecule has 0 aromatic rings. The highest BCUT2D eigenvalue weighted by molar-refractivity contribution is 5.75. The first-order valence-corrected chi connectivity index (χ1v) is 4.00. The second-order valence-corrected chi connectivity index (χ2v) is 3.03. The molecule has 0 fully saturated rings. The molecule has 70 valence electrons. The molecule has 0 aromatic carbocycles. The molecule has 1 N–H and O–H groups in total. The molecule has 12 heavy (non-hydrogen) atoms. The number of carbonyl (C=O) groups is 1.